The number of anilines is 1. The van der Waals surface area contributed by atoms with Crippen molar-refractivity contribution in [2.45, 2.75) is 25.3 Å². The molecule has 96 valence electrons. The molecule has 3 heterocycles. The first-order chi connectivity index (χ1) is 9.38. The van der Waals surface area contributed by atoms with Crippen molar-refractivity contribution in [2.75, 3.05) is 5.32 Å². The Balaban J connectivity index is 1.55. The molecule has 19 heavy (non-hydrogen) atoms. The number of fused-ring (bicyclic) bond motifs is 2. The predicted octanol–water partition coefficient (Wildman–Crippen LogP) is 0.945. The number of hydrogen-bond donors (Lipinski definition) is 1. The molecule has 8 heteroatoms. The molecule has 0 spiro atoms. The third kappa shape index (κ3) is 1.93. The molecule has 0 fully saturated rings. The van der Waals surface area contributed by atoms with Crippen LogP contribution in [0.2, 0.25) is 0 Å². The van der Waals surface area contributed by atoms with Gasteiger partial charge in [-0.15, -0.1) is 26.2 Å². The summed E-state index contributed by atoms with van der Waals surface area (Å²) in [5, 5.41) is 19.0. The van der Waals surface area contributed by atoms with Gasteiger partial charge in [0.2, 0.25) is 0 Å². The van der Waals surface area contributed by atoms with Crippen LogP contribution in [0.5, 0.6) is 0 Å². The molecule has 7 nitrogen and oxygen atoms in total. The van der Waals surface area contributed by atoms with Crippen LogP contribution in [-0.2, 0) is 12.8 Å². The van der Waals surface area contributed by atoms with Gasteiger partial charge >= 0.3 is 0 Å². The minimum atomic E-state index is 0.398. The lowest BCUT2D eigenvalue weighted by Crippen LogP contribution is -2.27. The lowest BCUT2D eigenvalue weighted by atomic mass is 9.98. The molecule has 3 aromatic heterocycles. The predicted molar refractivity (Wildman–Crippen MR) is 70.1 cm³/mol. The minimum Gasteiger partial charge on any atom is -0.365 e. The van der Waals surface area contributed by atoms with E-state index in [0.717, 1.165) is 25.1 Å². The van der Waals surface area contributed by atoms with E-state index in [1.54, 1.807) is 11.3 Å². The number of hydrogen-bond acceptors (Lipinski definition) is 7. The summed E-state index contributed by atoms with van der Waals surface area (Å²) >= 11 is 1.73. The van der Waals surface area contributed by atoms with Gasteiger partial charge in [-0.05, 0) is 35.4 Å². The van der Waals surface area contributed by atoms with Crippen LogP contribution < -0.4 is 5.32 Å². The molecule has 1 aliphatic rings. The van der Waals surface area contributed by atoms with E-state index in [0.29, 0.717) is 11.7 Å². The third-order valence-electron chi connectivity index (χ3n) is 3.31. The molecule has 1 aliphatic carbocycles. The van der Waals surface area contributed by atoms with Gasteiger partial charge in [0.15, 0.2) is 5.65 Å². The molecule has 1 atom stereocenters. The fourth-order valence-electron chi connectivity index (χ4n) is 2.36. The molecule has 4 rings (SSSR count). The van der Waals surface area contributed by atoms with Crippen molar-refractivity contribution in [1.29, 1.82) is 0 Å². The molecule has 0 bridgehead atoms. The lowest BCUT2D eigenvalue weighted by Gasteiger charge is -2.22. The second kappa shape index (κ2) is 4.23. The van der Waals surface area contributed by atoms with Crippen LogP contribution in [0.15, 0.2) is 17.6 Å². The van der Waals surface area contributed by atoms with Crippen LogP contribution in [0.1, 0.15) is 17.0 Å². The zero-order valence-electron chi connectivity index (χ0n) is 10.0. The summed E-state index contributed by atoms with van der Waals surface area (Å²) in [6, 6.07) is 4.17. The van der Waals surface area contributed by atoms with Crippen LogP contribution >= 0.6 is 11.3 Å². The highest BCUT2D eigenvalue weighted by molar-refractivity contribution is 7.09. The van der Waals surface area contributed by atoms with Crippen LogP contribution in [-0.4, -0.2) is 36.3 Å². The smallest absolute Gasteiger partial charge is 0.200 e. The zero-order chi connectivity index (χ0) is 12.7. The summed E-state index contributed by atoms with van der Waals surface area (Å²) in [7, 11) is 0. The summed E-state index contributed by atoms with van der Waals surface area (Å²) in [6.07, 6.45) is 3.12. The maximum absolute atomic E-state index is 4.38. The van der Waals surface area contributed by atoms with E-state index >= 15 is 0 Å². The quantitative estimate of drug-likeness (QED) is 0.748. The van der Waals surface area contributed by atoms with Crippen molar-refractivity contribution < 1.29 is 0 Å². The van der Waals surface area contributed by atoms with Crippen molar-refractivity contribution in [2.24, 2.45) is 0 Å². The maximum Gasteiger partial charge on any atom is 0.200 e. The minimum absolute atomic E-state index is 0.398. The van der Waals surface area contributed by atoms with E-state index in [1.165, 1.54) is 15.2 Å². The summed E-state index contributed by atoms with van der Waals surface area (Å²) in [5.74, 6) is 0.803. The van der Waals surface area contributed by atoms with Crippen molar-refractivity contribution in [3.63, 3.8) is 0 Å². The van der Waals surface area contributed by atoms with Gasteiger partial charge in [0, 0.05) is 17.3 Å². The standard InChI is InChI=1S/C11H11N7S/c1-2-8-9(19-6-12-8)5-7(1)13-10-3-4-11-14-16-17-18(11)15-10/h3-4,6-7H,1-2,5H2,(H,13,15)/t7-/m0/s1. The molecule has 0 unspecified atom stereocenters. The number of tetrazole rings is 1. The van der Waals surface area contributed by atoms with Crippen LogP contribution in [0.4, 0.5) is 5.82 Å². The number of aryl methyl sites for hydroxylation is 1. The van der Waals surface area contributed by atoms with Crippen LogP contribution in [0.3, 0.4) is 0 Å². The van der Waals surface area contributed by atoms with Crippen LogP contribution in [0, 0.1) is 0 Å². The van der Waals surface area contributed by atoms with E-state index in [9.17, 15) is 0 Å². The van der Waals surface area contributed by atoms with Gasteiger partial charge in [-0.3, -0.25) is 0 Å². The van der Waals surface area contributed by atoms with Crippen molar-refractivity contribution in [1.82, 2.24) is 30.2 Å². The molecule has 0 saturated carbocycles. The molecule has 0 radical (unpaired) electrons. The Morgan fingerprint density at radius 3 is 3.37 bits per heavy atom. The fourth-order valence-corrected chi connectivity index (χ4v) is 3.25. The summed E-state index contributed by atoms with van der Waals surface area (Å²) < 4.78 is 1.43. The number of nitrogens with one attached hydrogen (secondary N) is 1. The number of aromatic nitrogens is 6. The molecular weight excluding hydrogens is 262 g/mol. The van der Waals surface area contributed by atoms with Gasteiger partial charge in [0.25, 0.3) is 0 Å². The van der Waals surface area contributed by atoms with E-state index < -0.39 is 0 Å². The van der Waals surface area contributed by atoms with Crippen molar-refractivity contribution in [3.05, 3.63) is 28.2 Å². The molecule has 3 aromatic rings. The van der Waals surface area contributed by atoms with Crippen LogP contribution in [0.25, 0.3) is 5.65 Å². The molecule has 0 aromatic carbocycles. The van der Waals surface area contributed by atoms with E-state index in [1.807, 2.05) is 17.6 Å². The van der Waals surface area contributed by atoms with E-state index in [2.05, 4.69) is 30.9 Å². The number of thiazole rings is 1. The Bertz CT molecular complexity index is 718. The zero-order valence-corrected chi connectivity index (χ0v) is 10.8. The highest BCUT2D eigenvalue weighted by Crippen LogP contribution is 2.25. The summed E-state index contributed by atoms with van der Waals surface area (Å²) in [6.45, 7) is 0. The van der Waals surface area contributed by atoms with Gasteiger partial charge < -0.3 is 5.32 Å². The van der Waals surface area contributed by atoms with E-state index in [-0.39, 0.29) is 0 Å². The first kappa shape index (κ1) is 10.8. The van der Waals surface area contributed by atoms with Gasteiger partial charge in [-0.1, -0.05) is 0 Å². The molecule has 0 aliphatic heterocycles. The number of rotatable bonds is 2. The lowest BCUT2D eigenvalue weighted by molar-refractivity contribution is 0.604. The van der Waals surface area contributed by atoms with Gasteiger partial charge in [-0.25, -0.2) is 4.98 Å². The van der Waals surface area contributed by atoms with Crippen molar-refractivity contribution in [3.8, 4) is 0 Å². The fraction of sp³-hybridized carbons (Fsp3) is 0.364. The topological polar surface area (TPSA) is 80.9 Å². The Labute approximate surface area is 112 Å². The summed E-state index contributed by atoms with van der Waals surface area (Å²) in [5.41, 5.74) is 3.84. The Kier molecular flexibility index (Phi) is 2.41. The molecule has 1 N–H and O–H groups in total. The highest BCUT2D eigenvalue weighted by atomic mass is 32.1. The average Bonchev–Trinajstić information content (AvgIpc) is 3.05. The molecule has 0 amide bonds. The average molecular weight is 273 g/mol. The second-order valence-corrected chi connectivity index (χ2v) is 5.49. The maximum atomic E-state index is 4.38. The van der Waals surface area contributed by atoms with Gasteiger partial charge in [-0.2, -0.15) is 0 Å². The normalized spacial score (nSPS) is 18.4. The highest BCUT2D eigenvalue weighted by Gasteiger charge is 2.20. The largest absolute Gasteiger partial charge is 0.365 e. The monoisotopic (exact) mass is 273 g/mol. The van der Waals surface area contributed by atoms with Gasteiger partial charge in [0.1, 0.15) is 5.82 Å². The first-order valence-corrected chi connectivity index (χ1v) is 7.00. The Hall–Kier alpha value is -2.09. The third-order valence-corrected chi connectivity index (χ3v) is 4.21. The Morgan fingerprint density at radius 2 is 2.37 bits per heavy atom. The van der Waals surface area contributed by atoms with E-state index in [4.69, 9.17) is 0 Å². The van der Waals surface area contributed by atoms with Gasteiger partial charge in [0.05, 0.1) is 11.2 Å². The second-order valence-electron chi connectivity index (χ2n) is 4.55. The Morgan fingerprint density at radius 1 is 1.37 bits per heavy atom. The first-order valence-electron chi connectivity index (χ1n) is 6.12. The van der Waals surface area contributed by atoms with Crippen molar-refractivity contribution >= 4 is 22.8 Å². The SMILES string of the molecule is c1nc2c(s1)C[C@@H](Nc1ccc3nnnn3n1)CC2. The molecule has 0 saturated heterocycles. The number of nitrogens with zero attached hydrogens (tertiary/aromatic N) is 6. The molecular formula is C11H11N7S. The summed E-state index contributed by atoms with van der Waals surface area (Å²) in [4.78, 5) is 5.76.